The van der Waals surface area contributed by atoms with Gasteiger partial charge in [-0.05, 0) is 50.4 Å². The fraction of sp³-hybridized carbons (Fsp3) is 0.857. The number of carboxylic acids is 1. The lowest BCUT2D eigenvalue weighted by molar-refractivity contribution is -0.141. The van der Waals surface area contributed by atoms with Gasteiger partial charge in [-0.25, -0.2) is 9.59 Å². The molecule has 2 aliphatic carbocycles. The third-order valence-electron chi connectivity index (χ3n) is 4.41. The Bertz CT molecular complexity index is 363. The molecule has 5 nitrogen and oxygen atoms in total. The summed E-state index contributed by atoms with van der Waals surface area (Å²) >= 11 is 0. The molecule has 3 aliphatic rings. The minimum Gasteiger partial charge on any atom is -0.480 e. The summed E-state index contributed by atoms with van der Waals surface area (Å²) in [7, 11) is 0. The monoisotopic (exact) mass is 266 g/mol. The minimum atomic E-state index is -0.858. The van der Waals surface area contributed by atoms with Crippen molar-refractivity contribution in [1.29, 1.82) is 0 Å². The van der Waals surface area contributed by atoms with Crippen LogP contribution in [-0.4, -0.2) is 52.6 Å². The van der Waals surface area contributed by atoms with Crippen molar-refractivity contribution in [3.8, 4) is 0 Å². The summed E-state index contributed by atoms with van der Waals surface area (Å²) in [5.74, 6) is 0.464. The van der Waals surface area contributed by atoms with Gasteiger partial charge in [0.05, 0.1) is 0 Å². The number of carbonyl (C=O) groups excluding carboxylic acids is 1. The zero-order valence-corrected chi connectivity index (χ0v) is 11.3. The number of aliphatic carboxylic acids is 1. The molecular formula is C14H22N2O3. The van der Waals surface area contributed by atoms with E-state index in [0.29, 0.717) is 24.8 Å². The van der Waals surface area contributed by atoms with Crippen LogP contribution < -0.4 is 0 Å². The maximum absolute atomic E-state index is 12.6. The molecule has 1 aliphatic heterocycles. The largest absolute Gasteiger partial charge is 0.480 e. The van der Waals surface area contributed by atoms with Gasteiger partial charge in [0.2, 0.25) is 0 Å². The molecule has 106 valence electrons. The van der Waals surface area contributed by atoms with E-state index >= 15 is 0 Å². The highest BCUT2D eigenvalue weighted by Crippen LogP contribution is 2.34. The first-order valence-corrected chi connectivity index (χ1v) is 7.43. The zero-order valence-electron chi connectivity index (χ0n) is 11.3. The molecule has 2 amide bonds. The molecule has 0 aromatic heterocycles. The van der Waals surface area contributed by atoms with Crippen molar-refractivity contribution in [1.82, 2.24) is 9.80 Å². The second kappa shape index (κ2) is 5.02. The van der Waals surface area contributed by atoms with Crippen LogP contribution in [0.25, 0.3) is 0 Å². The Morgan fingerprint density at radius 2 is 1.63 bits per heavy atom. The predicted octanol–water partition coefficient (Wildman–Crippen LogP) is 1.78. The van der Waals surface area contributed by atoms with Gasteiger partial charge >= 0.3 is 12.0 Å². The maximum atomic E-state index is 12.6. The second-order valence-electron chi connectivity index (χ2n) is 6.26. The van der Waals surface area contributed by atoms with E-state index in [9.17, 15) is 14.7 Å². The van der Waals surface area contributed by atoms with E-state index < -0.39 is 12.0 Å². The maximum Gasteiger partial charge on any atom is 0.326 e. The predicted molar refractivity (Wildman–Crippen MR) is 69.8 cm³/mol. The van der Waals surface area contributed by atoms with Gasteiger partial charge in [-0.2, -0.15) is 0 Å². The SMILES string of the molecule is O=C(O)C1CCCN1C(=O)N(CC1CC1)CC1CC1. The number of nitrogens with zero attached hydrogens (tertiary/aromatic N) is 2. The van der Waals surface area contributed by atoms with Gasteiger partial charge in [-0.3, -0.25) is 0 Å². The molecule has 0 radical (unpaired) electrons. The van der Waals surface area contributed by atoms with E-state index in [4.69, 9.17) is 0 Å². The van der Waals surface area contributed by atoms with E-state index in [1.54, 1.807) is 4.90 Å². The van der Waals surface area contributed by atoms with Gasteiger partial charge < -0.3 is 14.9 Å². The highest BCUT2D eigenvalue weighted by atomic mass is 16.4. The smallest absolute Gasteiger partial charge is 0.326 e. The summed E-state index contributed by atoms with van der Waals surface area (Å²) in [5, 5.41) is 9.19. The lowest BCUT2D eigenvalue weighted by atomic mass is 10.2. The summed E-state index contributed by atoms with van der Waals surface area (Å²) < 4.78 is 0. The molecular weight excluding hydrogens is 244 g/mol. The molecule has 1 saturated heterocycles. The van der Waals surface area contributed by atoms with E-state index in [-0.39, 0.29) is 6.03 Å². The Morgan fingerprint density at radius 1 is 1.05 bits per heavy atom. The standard InChI is InChI=1S/C14H22N2O3/c17-13(18)12-2-1-7-16(12)14(19)15(8-10-3-4-10)9-11-5-6-11/h10-12H,1-9H2,(H,17,18). The summed E-state index contributed by atoms with van der Waals surface area (Å²) in [6, 6.07) is -0.642. The molecule has 0 aromatic rings. The molecule has 5 heteroatoms. The second-order valence-corrected chi connectivity index (χ2v) is 6.26. The molecule has 1 unspecified atom stereocenters. The molecule has 1 atom stereocenters. The van der Waals surface area contributed by atoms with E-state index in [1.807, 2.05) is 4.90 Å². The summed E-state index contributed by atoms with van der Waals surface area (Å²) in [4.78, 5) is 27.3. The number of amides is 2. The van der Waals surface area contributed by atoms with Crippen LogP contribution in [0, 0.1) is 11.8 Å². The highest BCUT2D eigenvalue weighted by Gasteiger charge is 2.39. The third-order valence-corrected chi connectivity index (χ3v) is 4.41. The van der Waals surface area contributed by atoms with Crippen LogP contribution in [-0.2, 0) is 4.79 Å². The normalized spacial score (nSPS) is 26.5. The fourth-order valence-electron chi connectivity index (χ4n) is 2.89. The van der Waals surface area contributed by atoms with Crippen molar-refractivity contribution in [2.24, 2.45) is 11.8 Å². The van der Waals surface area contributed by atoms with Gasteiger partial charge in [-0.15, -0.1) is 0 Å². The first-order valence-electron chi connectivity index (χ1n) is 7.43. The molecule has 0 aromatic carbocycles. The lowest BCUT2D eigenvalue weighted by Crippen LogP contribution is -2.49. The van der Waals surface area contributed by atoms with Gasteiger partial charge in [0.15, 0.2) is 0 Å². The van der Waals surface area contributed by atoms with E-state index in [1.165, 1.54) is 25.7 Å². The van der Waals surface area contributed by atoms with Crippen molar-refractivity contribution >= 4 is 12.0 Å². The fourth-order valence-corrected chi connectivity index (χ4v) is 2.89. The Kier molecular flexibility index (Phi) is 3.37. The molecule has 0 spiro atoms. The van der Waals surface area contributed by atoms with Crippen LogP contribution in [0.1, 0.15) is 38.5 Å². The van der Waals surface area contributed by atoms with Crippen LogP contribution in [0.2, 0.25) is 0 Å². The number of hydrogen-bond donors (Lipinski definition) is 1. The molecule has 3 fully saturated rings. The van der Waals surface area contributed by atoms with E-state index in [2.05, 4.69) is 0 Å². The van der Waals surface area contributed by atoms with Gasteiger partial charge in [0, 0.05) is 19.6 Å². The zero-order chi connectivity index (χ0) is 13.4. The number of rotatable bonds is 5. The van der Waals surface area contributed by atoms with Crippen molar-refractivity contribution < 1.29 is 14.7 Å². The highest BCUT2D eigenvalue weighted by molar-refractivity contribution is 5.83. The van der Waals surface area contributed by atoms with Crippen molar-refractivity contribution in [3.05, 3.63) is 0 Å². The van der Waals surface area contributed by atoms with Gasteiger partial charge in [0.1, 0.15) is 6.04 Å². The van der Waals surface area contributed by atoms with Gasteiger partial charge in [-0.1, -0.05) is 0 Å². The summed E-state index contributed by atoms with van der Waals surface area (Å²) in [6.45, 7) is 2.26. The van der Waals surface area contributed by atoms with Crippen LogP contribution in [0.3, 0.4) is 0 Å². The summed E-state index contributed by atoms with van der Waals surface area (Å²) in [6.07, 6.45) is 6.28. The number of likely N-dealkylation sites (tertiary alicyclic amines) is 1. The quantitative estimate of drug-likeness (QED) is 0.825. The first kappa shape index (κ1) is 12.8. The molecule has 1 N–H and O–H groups in total. The van der Waals surface area contributed by atoms with Crippen LogP contribution >= 0.6 is 0 Å². The molecule has 1 heterocycles. The minimum absolute atomic E-state index is 0.0382. The summed E-state index contributed by atoms with van der Waals surface area (Å²) in [5.41, 5.74) is 0. The third kappa shape index (κ3) is 3.01. The number of hydrogen-bond acceptors (Lipinski definition) is 2. The average Bonchev–Trinajstić information content (AvgIpc) is 3.29. The Morgan fingerprint density at radius 3 is 2.11 bits per heavy atom. The Labute approximate surface area is 113 Å². The molecule has 2 saturated carbocycles. The van der Waals surface area contributed by atoms with Crippen molar-refractivity contribution in [2.75, 3.05) is 19.6 Å². The Hall–Kier alpha value is -1.26. The topological polar surface area (TPSA) is 60.9 Å². The average molecular weight is 266 g/mol. The Balaban J connectivity index is 1.65. The lowest BCUT2D eigenvalue weighted by Gasteiger charge is -2.30. The van der Waals surface area contributed by atoms with Crippen LogP contribution in [0.15, 0.2) is 0 Å². The number of urea groups is 1. The van der Waals surface area contributed by atoms with Gasteiger partial charge in [0.25, 0.3) is 0 Å². The molecule has 0 bridgehead atoms. The van der Waals surface area contributed by atoms with Crippen molar-refractivity contribution in [2.45, 2.75) is 44.6 Å². The van der Waals surface area contributed by atoms with Crippen molar-refractivity contribution in [3.63, 3.8) is 0 Å². The number of carboxylic acid groups (broad SMARTS) is 1. The molecule has 3 rings (SSSR count). The van der Waals surface area contributed by atoms with E-state index in [0.717, 1.165) is 19.5 Å². The van der Waals surface area contributed by atoms with Crippen LogP contribution in [0.4, 0.5) is 4.79 Å². The first-order chi connectivity index (χ1) is 9.15. The number of carbonyl (C=O) groups is 2. The molecule has 19 heavy (non-hydrogen) atoms. The van der Waals surface area contributed by atoms with Crippen LogP contribution in [0.5, 0.6) is 0 Å².